The third-order valence-corrected chi connectivity index (χ3v) is 3.12. The molecule has 1 atom stereocenters. The molecular weight excluding hydrogens is 258 g/mol. The molecule has 106 valence electrons. The predicted octanol–water partition coefficient (Wildman–Crippen LogP) is 3.68. The highest BCUT2D eigenvalue weighted by Crippen LogP contribution is 2.24. The van der Waals surface area contributed by atoms with Crippen LogP contribution in [-0.2, 0) is 0 Å². The molecule has 0 spiro atoms. The van der Waals surface area contributed by atoms with E-state index in [0.717, 1.165) is 29.6 Å². The SMILES string of the molecule is CCNC(c1cc(C)nc(C)c1)c1ccc(F)c(F)c1. The fourth-order valence-corrected chi connectivity index (χ4v) is 2.36. The van der Waals surface area contributed by atoms with Gasteiger partial charge in [-0.3, -0.25) is 4.98 Å². The lowest BCUT2D eigenvalue weighted by Crippen LogP contribution is -2.22. The summed E-state index contributed by atoms with van der Waals surface area (Å²) in [6.45, 7) is 6.55. The lowest BCUT2D eigenvalue weighted by molar-refractivity contribution is 0.504. The van der Waals surface area contributed by atoms with Gasteiger partial charge < -0.3 is 5.32 Å². The Labute approximate surface area is 117 Å². The fourth-order valence-electron chi connectivity index (χ4n) is 2.36. The number of rotatable bonds is 4. The van der Waals surface area contributed by atoms with Crippen molar-refractivity contribution in [3.8, 4) is 0 Å². The molecule has 0 bridgehead atoms. The van der Waals surface area contributed by atoms with Gasteiger partial charge in [-0.25, -0.2) is 8.78 Å². The van der Waals surface area contributed by atoms with Crippen molar-refractivity contribution in [2.45, 2.75) is 26.8 Å². The van der Waals surface area contributed by atoms with E-state index < -0.39 is 11.6 Å². The summed E-state index contributed by atoms with van der Waals surface area (Å²) in [6.07, 6.45) is 0. The van der Waals surface area contributed by atoms with Crippen LogP contribution in [0, 0.1) is 25.5 Å². The molecule has 2 rings (SSSR count). The van der Waals surface area contributed by atoms with Gasteiger partial charge in [-0.15, -0.1) is 0 Å². The lowest BCUT2D eigenvalue weighted by atomic mass is 9.98. The zero-order chi connectivity index (χ0) is 14.7. The van der Waals surface area contributed by atoms with Crippen molar-refractivity contribution in [2.24, 2.45) is 0 Å². The van der Waals surface area contributed by atoms with Crippen LogP contribution in [0.3, 0.4) is 0 Å². The van der Waals surface area contributed by atoms with Crippen LogP contribution in [0.4, 0.5) is 8.78 Å². The van der Waals surface area contributed by atoms with Crippen molar-refractivity contribution in [1.29, 1.82) is 0 Å². The van der Waals surface area contributed by atoms with E-state index in [1.165, 1.54) is 6.07 Å². The van der Waals surface area contributed by atoms with Gasteiger partial charge in [0.25, 0.3) is 0 Å². The van der Waals surface area contributed by atoms with Crippen molar-refractivity contribution >= 4 is 0 Å². The number of benzene rings is 1. The standard InChI is InChI=1S/C16H18F2N2/c1-4-19-16(12-5-6-14(17)15(18)9-12)13-7-10(2)20-11(3)8-13/h5-9,16,19H,4H2,1-3H3. The Hall–Kier alpha value is -1.81. The van der Waals surface area contributed by atoms with Crippen molar-refractivity contribution in [1.82, 2.24) is 10.3 Å². The summed E-state index contributed by atoms with van der Waals surface area (Å²) >= 11 is 0. The van der Waals surface area contributed by atoms with Crippen LogP contribution in [0.15, 0.2) is 30.3 Å². The van der Waals surface area contributed by atoms with Gasteiger partial charge >= 0.3 is 0 Å². The van der Waals surface area contributed by atoms with Crippen LogP contribution in [0.5, 0.6) is 0 Å². The minimum absolute atomic E-state index is 0.171. The molecule has 1 unspecified atom stereocenters. The number of halogens is 2. The van der Waals surface area contributed by atoms with Gasteiger partial charge in [-0.05, 0) is 55.8 Å². The van der Waals surface area contributed by atoms with Crippen LogP contribution < -0.4 is 5.32 Å². The molecule has 0 aliphatic heterocycles. The third kappa shape index (κ3) is 3.20. The second kappa shape index (κ2) is 6.09. The van der Waals surface area contributed by atoms with E-state index in [1.54, 1.807) is 6.07 Å². The fraction of sp³-hybridized carbons (Fsp3) is 0.312. The Balaban J connectivity index is 2.46. The van der Waals surface area contributed by atoms with Gasteiger partial charge in [0, 0.05) is 11.4 Å². The maximum absolute atomic E-state index is 13.4. The molecule has 2 nitrogen and oxygen atoms in total. The third-order valence-electron chi connectivity index (χ3n) is 3.12. The molecule has 1 aromatic heterocycles. The molecule has 0 aliphatic rings. The van der Waals surface area contributed by atoms with Gasteiger partial charge in [0.1, 0.15) is 0 Å². The Kier molecular flexibility index (Phi) is 4.45. The van der Waals surface area contributed by atoms with E-state index in [0.29, 0.717) is 5.56 Å². The number of pyridine rings is 1. The summed E-state index contributed by atoms with van der Waals surface area (Å²) in [7, 11) is 0. The number of nitrogens with zero attached hydrogens (tertiary/aromatic N) is 1. The molecule has 0 aliphatic carbocycles. The van der Waals surface area contributed by atoms with Crippen molar-refractivity contribution in [2.75, 3.05) is 6.54 Å². The van der Waals surface area contributed by atoms with E-state index >= 15 is 0 Å². The number of aryl methyl sites for hydroxylation is 2. The van der Waals surface area contributed by atoms with Crippen molar-refractivity contribution in [3.63, 3.8) is 0 Å². The monoisotopic (exact) mass is 276 g/mol. The van der Waals surface area contributed by atoms with Crippen LogP contribution in [-0.4, -0.2) is 11.5 Å². The molecule has 2 aromatic rings. The van der Waals surface area contributed by atoms with E-state index in [-0.39, 0.29) is 6.04 Å². The van der Waals surface area contributed by atoms with Gasteiger partial charge in [0.15, 0.2) is 11.6 Å². The van der Waals surface area contributed by atoms with Gasteiger partial charge in [-0.1, -0.05) is 13.0 Å². The number of hydrogen-bond donors (Lipinski definition) is 1. The molecule has 1 heterocycles. The summed E-state index contributed by atoms with van der Waals surface area (Å²) in [5.74, 6) is -1.65. The average Bonchev–Trinajstić information content (AvgIpc) is 2.38. The summed E-state index contributed by atoms with van der Waals surface area (Å²) in [6, 6.07) is 7.76. The van der Waals surface area contributed by atoms with Crippen molar-refractivity contribution in [3.05, 3.63) is 64.5 Å². The maximum Gasteiger partial charge on any atom is 0.159 e. The lowest BCUT2D eigenvalue weighted by Gasteiger charge is -2.20. The average molecular weight is 276 g/mol. The second-order valence-electron chi connectivity index (χ2n) is 4.85. The Bertz CT molecular complexity index is 591. The van der Waals surface area contributed by atoms with E-state index in [4.69, 9.17) is 0 Å². The molecule has 0 saturated heterocycles. The van der Waals surface area contributed by atoms with Gasteiger partial charge in [0.2, 0.25) is 0 Å². The number of nitrogens with one attached hydrogen (secondary N) is 1. The molecule has 0 saturated carbocycles. The highest BCUT2D eigenvalue weighted by molar-refractivity contribution is 5.34. The molecule has 0 fully saturated rings. The summed E-state index contributed by atoms with van der Waals surface area (Å²) in [4.78, 5) is 4.34. The molecule has 1 N–H and O–H groups in total. The molecule has 0 amide bonds. The number of hydrogen-bond acceptors (Lipinski definition) is 2. The topological polar surface area (TPSA) is 24.9 Å². The molecule has 1 aromatic carbocycles. The predicted molar refractivity (Wildman–Crippen MR) is 75.6 cm³/mol. The summed E-state index contributed by atoms with van der Waals surface area (Å²) in [5.41, 5.74) is 3.52. The van der Waals surface area contributed by atoms with Gasteiger partial charge in [-0.2, -0.15) is 0 Å². The van der Waals surface area contributed by atoms with Crippen LogP contribution in [0.1, 0.15) is 35.5 Å². The smallest absolute Gasteiger partial charge is 0.159 e. The maximum atomic E-state index is 13.4. The number of aromatic nitrogens is 1. The van der Waals surface area contributed by atoms with E-state index in [1.807, 2.05) is 32.9 Å². The van der Waals surface area contributed by atoms with Crippen LogP contribution >= 0.6 is 0 Å². The first-order valence-electron chi connectivity index (χ1n) is 6.64. The first kappa shape index (κ1) is 14.6. The quantitative estimate of drug-likeness (QED) is 0.921. The molecule has 4 heteroatoms. The van der Waals surface area contributed by atoms with Crippen LogP contribution in [0.25, 0.3) is 0 Å². The van der Waals surface area contributed by atoms with Crippen LogP contribution in [0.2, 0.25) is 0 Å². The Morgan fingerprint density at radius 3 is 2.20 bits per heavy atom. The zero-order valence-corrected chi connectivity index (χ0v) is 11.9. The largest absolute Gasteiger partial charge is 0.307 e. The molecular formula is C16H18F2N2. The highest BCUT2D eigenvalue weighted by Gasteiger charge is 2.16. The molecule has 0 radical (unpaired) electrons. The Morgan fingerprint density at radius 1 is 1.00 bits per heavy atom. The zero-order valence-electron chi connectivity index (χ0n) is 11.9. The summed E-state index contributed by atoms with van der Waals surface area (Å²) < 4.78 is 26.5. The first-order valence-corrected chi connectivity index (χ1v) is 6.64. The van der Waals surface area contributed by atoms with E-state index in [2.05, 4.69) is 10.3 Å². The second-order valence-corrected chi connectivity index (χ2v) is 4.85. The van der Waals surface area contributed by atoms with Crippen molar-refractivity contribution < 1.29 is 8.78 Å². The minimum Gasteiger partial charge on any atom is -0.307 e. The first-order chi connectivity index (χ1) is 9.51. The highest BCUT2D eigenvalue weighted by atomic mass is 19.2. The van der Waals surface area contributed by atoms with Gasteiger partial charge in [0.05, 0.1) is 6.04 Å². The minimum atomic E-state index is -0.828. The molecule has 20 heavy (non-hydrogen) atoms. The summed E-state index contributed by atoms with van der Waals surface area (Å²) in [5, 5.41) is 3.30. The normalized spacial score (nSPS) is 12.4. The van der Waals surface area contributed by atoms with E-state index in [9.17, 15) is 8.78 Å². The Morgan fingerprint density at radius 2 is 1.65 bits per heavy atom.